The predicted octanol–water partition coefficient (Wildman–Crippen LogP) is 0.912. The lowest BCUT2D eigenvalue weighted by molar-refractivity contribution is -0.293. The number of carbonyl (C=O) groups is 1. The number of nitriles is 1. The molecular weight excluding hydrogens is 305 g/mol. The third-order valence-electron chi connectivity index (χ3n) is 2.14. The molecule has 0 atom stereocenters. The Morgan fingerprint density at radius 3 is 2.43 bits per heavy atom. The number of aromatic nitrogens is 6. The summed E-state index contributed by atoms with van der Waals surface area (Å²) in [6.45, 7) is 0. The molecule has 0 saturated heterocycles. The fraction of sp³-hybridized carbons (Fsp3) is 0.250. The Morgan fingerprint density at radius 1 is 1.29 bits per heavy atom. The van der Waals surface area contributed by atoms with Crippen LogP contribution < -0.4 is 0 Å². The molecule has 0 aromatic carbocycles. The van der Waals surface area contributed by atoms with E-state index in [1.54, 1.807) is 0 Å². The predicted molar refractivity (Wildman–Crippen MR) is 50.9 cm³/mol. The summed E-state index contributed by atoms with van der Waals surface area (Å²) in [6, 6.07) is -0.329. The second-order valence-electron chi connectivity index (χ2n) is 3.48. The van der Waals surface area contributed by atoms with Gasteiger partial charge in [-0.2, -0.15) is 46.7 Å². The van der Waals surface area contributed by atoms with E-state index in [1.807, 2.05) is 0 Å². The van der Waals surface area contributed by atoms with Gasteiger partial charge in [-0.25, -0.2) is 9.78 Å². The summed E-state index contributed by atoms with van der Waals surface area (Å²) in [7, 11) is 0. The van der Waals surface area contributed by atoms with Gasteiger partial charge in [-0.3, -0.25) is 0 Å². The van der Waals surface area contributed by atoms with Crippen LogP contribution in [0.4, 0.5) is 26.7 Å². The maximum atomic E-state index is 13.3. The molecule has 0 fully saturated rings. The fourth-order valence-corrected chi connectivity index (χ4v) is 1.23. The zero-order chi connectivity index (χ0) is 15.8. The maximum Gasteiger partial charge on any atom is 0.461 e. The maximum absolute atomic E-state index is 13.3. The summed E-state index contributed by atoms with van der Waals surface area (Å²) < 4.78 is 63.7. The Hall–Kier alpha value is -2.91. The number of alkyl halides is 5. The van der Waals surface area contributed by atoms with Crippen LogP contribution in [-0.2, 0) is 5.92 Å². The number of hydrogen-bond donors (Lipinski definition) is 0. The Labute approximate surface area is 111 Å². The molecule has 0 spiro atoms. The summed E-state index contributed by atoms with van der Waals surface area (Å²) in [4.78, 5) is 17.8. The second-order valence-corrected chi connectivity index (χ2v) is 3.48. The normalized spacial score (nSPS) is 12.2. The van der Waals surface area contributed by atoms with Crippen molar-refractivity contribution in [1.29, 1.82) is 5.26 Å². The van der Waals surface area contributed by atoms with Crippen molar-refractivity contribution < 1.29 is 26.7 Å². The van der Waals surface area contributed by atoms with E-state index in [0.29, 0.717) is 4.68 Å². The molecule has 0 N–H and O–H groups in total. The quantitative estimate of drug-likeness (QED) is 0.726. The molecule has 2 aromatic rings. The van der Waals surface area contributed by atoms with Gasteiger partial charge in [-0.05, 0) is 0 Å². The van der Waals surface area contributed by atoms with Crippen LogP contribution in [0.15, 0.2) is 12.7 Å². The molecule has 0 aliphatic carbocycles. The molecule has 0 bridgehead atoms. The minimum atomic E-state index is -6.02. The summed E-state index contributed by atoms with van der Waals surface area (Å²) in [6.07, 6.45) is -4.42. The average Bonchev–Trinajstić information content (AvgIpc) is 3.06. The van der Waals surface area contributed by atoms with Crippen molar-refractivity contribution in [3.8, 4) is 6.07 Å². The van der Waals surface area contributed by atoms with Gasteiger partial charge in [-0.15, -0.1) is 5.10 Å². The molecule has 2 aromatic heterocycles. The zero-order valence-corrected chi connectivity index (χ0v) is 9.58. The lowest BCUT2D eigenvalue weighted by Gasteiger charge is -2.18. The van der Waals surface area contributed by atoms with Crippen molar-refractivity contribution in [2.24, 2.45) is 0 Å². The van der Waals surface area contributed by atoms with E-state index < -0.39 is 29.8 Å². The van der Waals surface area contributed by atoms with E-state index in [4.69, 9.17) is 5.26 Å². The molecule has 2 rings (SSSR count). The van der Waals surface area contributed by atoms with Gasteiger partial charge in [-0.1, -0.05) is 0 Å². The van der Waals surface area contributed by atoms with Gasteiger partial charge in [0.2, 0.25) is 5.82 Å². The van der Waals surface area contributed by atoms with Crippen LogP contribution in [0, 0.1) is 11.3 Å². The lowest BCUT2D eigenvalue weighted by Crippen LogP contribution is -2.38. The molecule has 8 nitrogen and oxygen atoms in total. The number of carbonyl (C=O) groups excluding carboxylic acids is 1. The summed E-state index contributed by atoms with van der Waals surface area (Å²) in [5.74, 6) is -8.54. The fourth-order valence-electron chi connectivity index (χ4n) is 1.23. The highest BCUT2D eigenvalue weighted by Gasteiger charge is 2.62. The third-order valence-corrected chi connectivity index (χ3v) is 2.14. The molecule has 110 valence electrons. The minimum Gasteiger partial charge on any atom is -0.243 e. The molecule has 2 heterocycles. The van der Waals surface area contributed by atoms with Crippen molar-refractivity contribution in [1.82, 2.24) is 29.5 Å². The van der Waals surface area contributed by atoms with Crippen molar-refractivity contribution in [3.05, 3.63) is 24.3 Å². The molecule has 0 unspecified atom stereocenters. The molecule has 21 heavy (non-hydrogen) atoms. The monoisotopic (exact) mass is 307 g/mol. The van der Waals surface area contributed by atoms with E-state index in [-0.39, 0.29) is 4.68 Å². The van der Waals surface area contributed by atoms with E-state index in [1.165, 1.54) is 6.07 Å². The first kappa shape index (κ1) is 14.5. The van der Waals surface area contributed by atoms with E-state index in [9.17, 15) is 26.7 Å². The highest BCUT2D eigenvalue weighted by Crippen LogP contribution is 2.42. The minimum absolute atomic E-state index is 0.347. The topological polar surface area (TPSA) is 102 Å². The molecule has 0 radical (unpaired) electrons. The van der Waals surface area contributed by atoms with Crippen LogP contribution in [0.1, 0.15) is 11.6 Å². The lowest BCUT2D eigenvalue weighted by atomic mass is 10.3. The first-order valence-corrected chi connectivity index (χ1v) is 4.90. The first-order valence-electron chi connectivity index (χ1n) is 4.90. The van der Waals surface area contributed by atoms with Crippen molar-refractivity contribution in [2.75, 3.05) is 0 Å². The smallest absolute Gasteiger partial charge is 0.243 e. The molecule has 0 aliphatic rings. The van der Waals surface area contributed by atoms with Crippen LogP contribution >= 0.6 is 0 Å². The van der Waals surface area contributed by atoms with Gasteiger partial charge in [0.15, 0.2) is 0 Å². The number of hydrogen-bond acceptors (Lipinski definition) is 6. The van der Waals surface area contributed by atoms with Gasteiger partial charge in [0.1, 0.15) is 18.7 Å². The second kappa shape index (κ2) is 4.58. The third kappa shape index (κ3) is 2.30. The Kier molecular flexibility index (Phi) is 3.16. The van der Waals surface area contributed by atoms with E-state index in [0.717, 1.165) is 12.7 Å². The summed E-state index contributed by atoms with van der Waals surface area (Å²) >= 11 is 0. The van der Waals surface area contributed by atoms with Gasteiger partial charge < -0.3 is 0 Å². The van der Waals surface area contributed by atoms with Crippen molar-refractivity contribution in [3.63, 3.8) is 0 Å². The molecule has 0 amide bonds. The van der Waals surface area contributed by atoms with Crippen molar-refractivity contribution in [2.45, 2.75) is 12.1 Å². The highest BCUT2D eigenvalue weighted by molar-refractivity contribution is 5.77. The summed E-state index contributed by atoms with van der Waals surface area (Å²) in [5.41, 5.74) is 0. The Morgan fingerprint density at radius 2 is 1.95 bits per heavy atom. The van der Waals surface area contributed by atoms with Crippen molar-refractivity contribution >= 4 is 6.03 Å². The first-order chi connectivity index (χ1) is 9.68. The van der Waals surface area contributed by atoms with E-state index >= 15 is 0 Å². The van der Waals surface area contributed by atoms with E-state index in [2.05, 4.69) is 20.2 Å². The molecule has 0 aliphatic heterocycles. The van der Waals surface area contributed by atoms with Gasteiger partial charge in [0, 0.05) is 0 Å². The number of halogens is 5. The zero-order valence-electron chi connectivity index (χ0n) is 9.58. The van der Waals surface area contributed by atoms with Crippen LogP contribution in [0.25, 0.3) is 0 Å². The number of nitrogens with zero attached hydrogens (tertiary/aromatic N) is 7. The Bertz CT molecular complexity index is 710. The van der Waals surface area contributed by atoms with Crippen LogP contribution in [0.5, 0.6) is 0 Å². The van der Waals surface area contributed by atoms with Crippen LogP contribution in [0.2, 0.25) is 0 Å². The Balaban J connectivity index is 2.60. The van der Waals surface area contributed by atoms with Crippen LogP contribution in [0.3, 0.4) is 0 Å². The molecular formula is C8H2F5N7O. The summed E-state index contributed by atoms with van der Waals surface area (Å²) in [5, 5.41) is 14.8. The standard InChI is InChI=1S/C8H2F5N7O/c9-7(10,8(11,12)13)5-17-4(1-14)18-20(5)6(21)19-3-15-2-16-19/h2-3H. The van der Waals surface area contributed by atoms with Gasteiger partial charge in [0.05, 0.1) is 0 Å². The van der Waals surface area contributed by atoms with Gasteiger partial charge in [0.25, 0.3) is 5.82 Å². The van der Waals surface area contributed by atoms with Gasteiger partial charge >= 0.3 is 18.1 Å². The molecule has 13 heteroatoms. The largest absolute Gasteiger partial charge is 0.461 e. The highest BCUT2D eigenvalue weighted by atomic mass is 19.4. The van der Waals surface area contributed by atoms with Crippen LogP contribution in [-0.4, -0.2) is 41.7 Å². The average molecular weight is 307 g/mol. The molecule has 0 saturated carbocycles. The SMILES string of the molecule is N#Cc1nc(C(F)(F)C(F)(F)F)n(C(=O)n2cncn2)n1. The number of rotatable bonds is 1.